The molecule has 0 amide bonds. The fourth-order valence-corrected chi connectivity index (χ4v) is 4.36. The van der Waals surface area contributed by atoms with Crippen LogP contribution in [-0.4, -0.2) is 46.0 Å². The third-order valence-corrected chi connectivity index (χ3v) is 6.01. The topological polar surface area (TPSA) is 46.6 Å². The van der Waals surface area contributed by atoms with Crippen molar-refractivity contribution in [1.82, 2.24) is 4.90 Å². The molecule has 0 unspecified atom stereocenters. The first-order chi connectivity index (χ1) is 11.8. The van der Waals surface area contributed by atoms with E-state index in [9.17, 15) is 8.42 Å². The van der Waals surface area contributed by atoms with Crippen LogP contribution >= 0.6 is 11.8 Å². The smallest absolute Gasteiger partial charge is 0.175 e. The van der Waals surface area contributed by atoms with Crippen LogP contribution in [0, 0.1) is 0 Å². The summed E-state index contributed by atoms with van der Waals surface area (Å²) in [6.45, 7) is 0.936. The Labute approximate surface area is 153 Å². The lowest BCUT2D eigenvalue weighted by Crippen LogP contribution is -2.14. The van der Waals surface area contributed by atoms with E-state index in [4.69, 9.17) is 4.74 Å². The molecule has 0 aromatic heterocycles. The Bertz CT molecular complexity index is 918. The summed E-state index contributed by atoms with van der Waals surface area (Å²) >= 11 is 1.71. The second-order valence-corrected chi connectivity index (χ2v) is 9.38. The highest BCUT2D eigenvalue weighted by Crippen LogP contribution is 2.43. The van der Waals surface area contributed by atoms with Gasteiger partial charge in [0.2, 0.25) is 0 Å². The normalized spacial score (nSPS) is 13.5. The van der Waals surface area contributed by atoms with Crippen molar-refractivity contribution in [3.63, 3.8) is 0 Å². The standard InChI is InChI=1S/C19H21NO3S2/c1-20(2)10-11-24-19-12-14-6-4-5-7-17(14)23-18-9-8-15(13-16(18)19)25(3,21)22/h4-9,12-13H,10-11H2,1-3H3. The molecule has 0 spiro atoms. The molecule has 6 heteroatoms. The molecule has 1 aliphatic heterocycles. The summed E-state index contributed by atoms with van der Waals surface area (Å²) in [5.74, 6) is 2.36. The van der Waals surface area contributed by atoms with Gasteiger partial charge in [-0.1, -0.05) is 18.2 Å². The first kappa shape index (κ1) is 18.0. The lowest BCUT2D eigenvalue weighted by Gasteiger charge is -2.13. The van der Waals surface area contributed by atoms with Gasteiger partial charge in [-0.05, 0) is 44.4 Å². The van der Waals surface area contributed by atoms with Crippen molar-refractivity contribution in [2.24, 2.45) is 0 Å². The van der Waals surface area contributed by atoms with E-state index < -0.39 is 9.84 Å². The van der Waals surface area contributed by atoms with Gasteiger partial charge in [-0.25, -0.2) is 8.42 Å². The van der Waals surface area contributed by atoms with Crippen molar-refractivity contribution in [3.8, 4) is 11.5 Å². The maximum Gasteiger partial charge on any atom is 0.175 e. The van der Waals surface area contributed by atoms with Gasteiger partial charge in [0.1, 0.15) is 11.5 Å². The largest absolute Gasteiger partial charge is 0.456 e. The number of hydrogen-bond acceptors (Lipinski definition) is 5. The summed E-state index contributed by atoms with van der Waals surface area (Å²) in [5, 5.41) is 0. The van der Waals surface area contributed by atoms with Crippen LogP contribution in [0.4, 0.5) is 0 Å². The fraction of sp³-hybridized carbons (Fsp3) is 0.263. The predicted molar refractivity (Wildman–Crippen MR) is 105 cm³/mol. The first-order valence-corrected chi connectivity index (χ1v) is 10.8. The van der Waals surface area contributed by atoms with E-state index in [2.05, 4.69) is 11.0 Å². The number of hydrogen-bond donors (Lipinski definition) is 0. The molecule has 0 saturated heterocycles. The minimum Gasteiger partial charge on any atom is -0.456 e. The molecule has 25 heavy (non-hydrogen) atoms. The van der Waals surface area contributed by atoms with Crippen molar-refractivity contribution < 1.29 is 13.2 Å². The number of para-hydroxylation sites is 1. The molecule has 0 bridgehead atoms. The molecule has 0 radical (unpaired) electrons. The molecule has 0 aliphatic carbocycles. The molecule has 0 fully saturated rings. The number of thioether (sulfide) groups is 1. The van der Waals surface area contributed by atoms with Gasteiger partial charge in [-0.2, -0.15) is 0 Å². The van der Waals surface area contributed by atoms with E-state index in [0.29, 0.717) is 10.6 Å². The van der Waals surface area contributed by atoms with E-state index in [0.717, 1.165) is 34.1 Å². The molecular weight excluding hydrogens is 354 g/mol. The van der Waals surface area contributed by atoms with E-state index in [1.54, 1.807) is 30.0 Å². The van der Waals surface area contributed by atoms with E-state index in [-0.39, 0.29) is 0 Å². The van der Waals surface area contributed by atoms with Crippen molar-refractivity contribution in [2.45, 2.75) is 4.90 Å². The van der Waals surface area contributed by atoms with Gasteiger partial charge in [-0.3, -0.25) is 0 Å². The number of nitrogens with zero attached hydrogens (tertiary/aromatic N) is 1. The third-order valence-electron chi connectivity index (χ3n) is 3.87. The monoisotopic (exact) mass is 375 g/mol. The Balaban J connectivity index is 2.08. The van der Waals surface area contributed by atoms with Gasteiger partial charge in [0.05, 0.1) is 4.90 Å². The lowest BCUT2D eigenvalue weighted by atomic mass is 10.1. The van der Waals surface area contributed by atoms with Crippen molar-refractivity contribution >= 4 is 32.6 Å². The van der Waals surface area contributed by atoms with Gasteiger partial charge in [-0.15, -0.1) is 11.8 Å². The van der Waals surface area contributed by atoms with E-state index in [1.807, 2.05) is 38.4 Å². The zero-order valence-electron chi connectivity index (χ0n) is 14.5. The van der Waals surface area contributed by atoms with Crippen LogP contribution in [0.25, 0.3) is 11.0 Å². The van der Waals surface area contributed by atoms with Gasteiger partial charge < -0.3 is 9.64 Å². The Kier molecular flexibility index (Phi) is 5.22. The van der Waals surface area contributed by atoms with Crippen molar-refractivity contribution in [1.29, 1.82) is 0 Å². The fourth-order valence-electron chi connectivity index (χ4n) is 2.51. The average molecular weight is 376 g/mol. The molecule has 1 aliphatic rings. The minimum atomic E-state index is -3.27. The molecule has 0 atom stereocenters. The molecule has 2 aromatic carbocycles. The Hall–Kier alpha value is -1.76. The summed E-state index contributed by atoms with van der Waals surface area (Å²) in [6, 6.07) is 12.9. The maximum atomic E-state index is 12.0. The summed E-state index contributed by atoms with van der Waals surface area (Å²) < 4.78 is 30.0. The van der Waals surface area contributed by atoms with Crippen LogP contribution in [0.2, 0.25) is 0 Å². The highest BCUT2D eigenvalue weighted by Gasteiger charge is 2.19. The number of fused-ring (bicyclic) bond motifs is 2. The molecular formula is C19H21NO3S2. The molecule has 1 heterocycles. The summed E-state index contributed by atoms with van der Waals surface area (Å²) in [4.78, 5) is 3.45. The highest BCUT2D eigenvalue weighted by atomic mass is 32.2. The van der Waals surface area contributed by atoms with Crippen molar-refractivity contribution in [3.05, 3.63) is 53.6 Å². The second-order valence-electron chi connectivity index (χ2n) is 6.23. The minimum absolute atomic E-state index is 0.305. The van der Waals surface area contributed by atoms with Crippen LogP contribution < -0.4 is 4.74 Å². The zero-order valence-corrected chi connectivity index (χ0v) is 16.2. The molecule has 0 saturated carbocycles. The highest BCUT2D eigenvalue weighted by molar-refractivity contribution is 8.08. The molecule has 0 N–H and O–H groups in total. The van der Waals surface area contributed by atoms with E-state index in [1.165, 1.54) is 6.26 Å². The Morgan fingerprint density at radius 3 is 2.56 bits per heavy atom. The zero-order chi connectivity index (χ0) is 18.0. The quantitative estimate of drug-likeness (QED) is 0.791. The SMILES string of the molecule is CN(C)CCSC1=Cc2ccccc2Oc2ccc(S(C)(=O)=O)cc21. The summed E-state index contributed by atoms with van der Waals surface area (Å²) in [5.41, 5.74) is 1.81. The molecule has 4 nitrogen and oxygen atoms in total. The molecule has 3 rings (SSSR count). The number of rotatable bonds is 5. The van der Waals surface area contributed by atoms with Crippen molar-refractivity contribution in [2.75, 3.05) is 32.6 Å². The molecule has 132 valence electrons. The van der Waals surface area contributed by atoms with Crippen LogP contribution in [0.1, 0.15) is 11.1 Å². The lowest BCUT2D eigenvalue weighted by molar-refractivity contribution is 0.437. The van der Waals surface area contributed by atoms with Gasteiger partial charge >= 0.3 is 0 Å². The van der Waals surface area contributed by atoms with Gasteiger partial charge in [0.15, 0.2) is 9.84 Å². The van der Waals surface area contributed by atoms with Crippen LogP contribution in [0.15, 0.2) is 47.4 Å². The number of benzene rings is 2. The molecule has 2 aromatic rings. The first-order valence-electron chi connectivity index (χ1n) is 7.95. The van der Waals surface area contributed by atoms with Crippen LogP contribution in [0.3, 0.4) is 0 Å². The Morgan fingerprint density at radius 2 is 1.84 bits per heavy atom. The summed E-state index contributed by atoms with van der Waals surface area (Å²) in [6.07, 6.45) is 3.30. The average Bonchev–Trinajstić information content (AvgIpc) is 2.69. The van der Waals surface area contributed by atoms with Gasteiger partial charge in [0.25, 0.3) is 0 Å². The summed E-state index contributed by atoms with van der Waals surface area (Å²) in [7, 11) is 0.802. The second kappa shape index (κ2) is 7.23. The Morgan fingerprint density at radius 1 is 1.08 bits per heavy atom. The number of sulfone groups is 1. The maximum absolute atomic E-state index is 12.0. The third kappa shape index (κ3) is 4.26. The van der Waals surface area contributed by atoms with Crippen LogP contribution in [-0.2, 0) is 9.84 Å². The van der Waals surface area contributed by atoms with E-state index >= 15 is 0 Å². The number of ether oxygens (including phenoxy) is 1. The van der Waals surface area contributed by atoms with Crippen LogP contribution in [0.5, 0.6) is 11.5 Å². The van der Waals surface area contributed by atoms with Gasteiger partial charge in [0, 0.05) is 34.6 Å². The predicted octanol–water partition coefficient (Wildman–Crippen LogP) is 3.99.